The van der Waals surface area contributed by atoms with Crippen LogP contribution in [-0.4, -0.2) is 56.8 Å². The summed E-state index contributed by atoms with van der Waals surface area (Å²) in [6.07, 6.45) is 0.746. The van der Waals surface area contributed by atoms with E-state index in [1.807, 2.05) is 12.1 Å². The van der Waals surface area contributed by atoms with Crippen LogP contribution in [0.25, 0.3) is 0 Å². The number of aliphatic hydroxyl groups excluding tert-OH is 1. The highest BCUT2D eigenvalue weighted by Crippen LogP contribution is 2.24. The van der Waals surface area contributed by atoms with Crippen molar-refractivity contribution in [3.05, 3.63) is 46.2 Å². The Morgan fingerprint density at radius 2 is 2.00 bits per heavy atom. The van der Waals surface area contributed by atoms with Gasteiger partial charge in [-0.05, 0) is 41.6 Å². The average Bonchev–Trinajstić information content (AvgIpc) is 3.08. The molecule has 1 aromatic carbocycles. The van der Waals surface area contributed by atoms with Crippen molar-refractivity contribution >= 4 is 11.5 Å². The largest absolute Gasteiger partial charge is 0.396 e. The Bertz CT molecular complexity index is 691. The van der Waals surface area contributed by atoms with Crippen molar-refractivity contribution in [1.82, 2.24) is 19.4 Å². The van der Waals surface area contributed by atoms with Crippen molar-refractivity contribution in [2.45, 2.75) is 45.3 Å². The van der Waals surface area contributed by atoms with Gasteiger partial charge in [0.1, 0.15) is 5.82 Å². The second-order valence-electron chi connectivity index (χ2n) is 7.23. The third-order valence-electron chi connectivity index (χ3n) is 4.95. The monoisotopic (exact) mass is 378 g/mol. The fourth-order valence-corrected chi connectivity index (χ4v) is 4.36. The van der Waals surface area contributed by atoms with Gasteiger partial charge in [-0.1, -0.05) is 30.5 Å². The van der Waals surface area contributed by atoms with Gasteiger partial charge in [-0.2, -0.15) is 0 Å². The molecule has 5 nitrogen and oxygen atoms in total. The smallest absolute Gasteiger partial charge is 0.123 e. The lowest BCUT2D eigenvalue weighted by Crippen LogP contribution is -2.52. The van der Waals surface area contributed by atoms with Gasteiger partial charge in [0.05, 0.1) is 10.6 Å². The van der Waals surface area contributed by atoms with Crippen LogP contribution in [0.15, 0.2) is 24.3 Å². The summed E-state index contributed by atoms with van der Waals surface area (Å²) in [6, 6.07) is 7.00. The highest BCUT2D eigenvalue weighted by Gasteiger charge is 2.27. The number of aliphatic hydroxyl groups is 1. The minimum atomic E-state index is -0.204. The highest BCUT2D eigenvalue weighted by atomic mass is 32.1. The van der Waals surface area contributed by atoms with Crippen molar-refractivity contribution in [1.29, 1.82) is 0 Å². The second kappa shape index (κ2) is 8.99. The predicted octanol–water partition coefficient (Wildman–Crippen LogP) is 2.87. The van der Waals surface area contributed by atoms with Crippen LogP contribution < -0.4 is 0 Å². The number of rotatable bonds is 7. The first-order chi connectivity index (χ1) is 12.6. The van der Waals surface area contributed by atoms with Gasteiger partial charge < -0.3 is 5.11 Å². The van der Waals surface area contributed by atoms with Gasteiger partial charge in [0.25, 0.3) is 0 Å². The van der Waals surface area contributed by atoms with Crippen LogP contribution in [0.4, 0.5) is 4.39 Å². The minimum Gasteiger partial charge on any atom is -0.396 e. The van der Waals surface area contributed by atoms with Gasteiger partial charge in [0, 0.05) is 45.4 Å². The molecule has 0 aliphatic carbocycles. The van der Waals surface area contributed by atoms with Crippen LogP contribution in [0.5, 0.6) is 0 Å². The van der Waals surface area contributed by atoms with E-state index in [1.165, 1.54) is 28.5 Å². The SMILES string of the molecule is CC(C)c1nnsc1CN1CCN(Cc2ccc(F)cc2)C(CCO)C1. The Labute approximate surface area is 158 Å². The zero-order valence-electron chi connectivity index (χ0n) is 15.4. The van der Waals surface area contributed by atoms with Crippen LogP contribution in [0.2, 0.25) is 0 Å². The maximum absolute atomic E-state index is 13.1. The molecule has 2 heterocycles. The lowest BCUT2D eigenvalue weighted by Gasteiger charge is -2.41. The molecule has 2 aromatic rings. The van der Waals surface area contributed by atoms with Gasteiger partial charge in [-0.3, -0.25) is 9.80 Å². The first-order valence-electron chi connectivity index (χ1n) is 9.19. The number of benzene rings is 1. The first-order valence-corrected chi connectivity index (χ1v) is 9.97. The molecule has 7 heteroatoms. The van der Waals surface area contributed by atoms with E-state index >= 15 is 0 Å². The Hall–Kier alpha value is -1.41. The second-order valence-corrected chi connectivity index (χ2v) is 8.07. The topological polar surface area (TPSA) is 52.5 Å². The van der Waals surface area contributed by atoms with E-state index in [-0.39, 0.29) is 12.4 Å². The average molecular weight is 379 g/mol. The molecular formula is C19H27FN4OS. The maximum atomic E-state index is 13.1. The molecule has 1 aromatic heterocycles. The quantitative estimate of drug-likeness (QED) is 0.803. The molecule has 1 fully saturated rings. The van der Waals surface area contributed by atoms with Gasteiger partial charge in [0.15, 0.2) is 0 Å². The molecule has 3 rings (SSSR count). The summed E-state index contributed by atoms with van der Waals surface area (Å²) in [5, 5.41) is 13.8. The number of hydrogen-bond acceptors (Lipinski definition) is 6. The summed E-state index contributed by atoms with van der Waals surface area (Å²) < 4.78 is 17.2. The molecule has 1 unspecified atom stereocenters. The lowest BCUT2D eigenvalue weighted by atomic mass is 10.1. The molecule has 0 bridgehead atoms. The summed E-state index contributed by atoms with van der Waals surface area (Å²) in [5.74, 6) is 0.182. The van der Waals surface area contributed by atoms with Gasteiger partial charge in [0.2, 0.25) is 0 Å². The molecule has 0 spiro atoms. The van der Waals surface area contributed by atoms with Gasteiger partial charge >= 0.3 is 0 Å². The molecule has 1 N–H and O–H groups in total. The maximum Gasteiger partial charge on any atom is 0.123 e. The number of piperazine rings is 1. The van der Waals surface area contributed by atoms with Crippen molar-refractivity contribution in [2.75, 3.05) is 26.2 Å². The molecular weight excluding hydrogens is 351 g/mol. The summed E-state index contributed by atoms with van der Waals surface area (Å²) in [7, 11) is 0. The molecule has 142 valence electrons. The highest BCUT2D eigenvalue weighted by molar-refractivity contribution is 7.05. The van der Waals surface area contributed by atoms with E-state index < -0.39 is 0 Å². The lowest BCUT2D eigenvalue weighted by molar-refractivity contribution is 0.0503. The van der Waals surface area contributed by atoms with Gasteiger partial charge in [-0.15, -0.1) is 5.10 Å². The third kappa shape index (κ3) is 4.85. The van der Waals surface area contributed by atoms with E-state index in [2.05, 4.69) is 33.2 Å². The fraction of sp³-hybridized carbons (Fsp3) is 0.579. The summed E-state index contributed by atoms with van der Waals surface area (Å²) in [6.45, 7) is 8.96. The van der Waals surface area contributed by atoms with Crippen LogP contribution in [-0.2, 0) is 13.1 Å². The Morgan fingerprint density at radius 1 is 1.23 bits per heavy atom. The van der Waals surface area contributed by atoms with Crippen LogP contribution >= 0.6 is 11.5 Å². The third-order valence-corrected chi connectivity index (χ3v) is 5.67. The Morgan fingerprint density at radius 3 is 2.69 bits per heavy atom. The Kier molecular flexibility index (Phi) is 6.69. The van der Waals surface area contributed by atoms with E-state index in [0.29, 0.717) is 12.0 Å². The van der Waals surface area contributed by atoms with E-state index in [1.54, 1.807) is 0 Å². The first kappa shape index (κ1) is 19.4. The van der Waals surface area contributed by atoms with Crippen LogP contribution in [0.3, 0.4) is 0 Å². The van der Waals surface area contributed by atoms with Crippen molar-refractivity contribution < 1.29 is 9.50 Å². The molecule has 0 amide bonds. The number of halogens is 1. The van der Waals surface area contributed by atoms with Crippen molar-refractivity contribution in [2.24, 2.45) is 0 Å². The normalized spacial score (nSPS) is 19.3. The molecule has 1 aliphatic rings. The molecule has 0 saturated carbocycles. The van der Waals surface area contributed by atoms with Crippen molar-refractivity contribution in [3.63, 3.8) is 0 Å². The zero-order chi connectivity index (χ0) is 18.5. The standard InChI is InChI=1S/C19H27FN4OS/c1-14(2)19-18(26-22-21-19)13-23-8-9-24(17(12-23)7-10-25)11-15-3-5-16(20)6-4-15/h3-6,14,17,25H,7-13H2,1-2H3. The molecule has 1 atom stereocenters. The van der Waals surface area contributed by atoms with E-state index in [4.69, 9.17) is 0 Å². The van der Waals surface area contributed by atoms with Crippen molar-refractivity contribution in [3.8, 4) is 0 Å². The van der Waals surface area contributed by atoms with Gasteiger partial charge in [-0.25, -0.2) is 4.39 Å². The molecule has 26 heavy (non-hydrogen) atoms. The Balaban J connectivity index is 1.63. The van der Waals surface area contributed by atoms with E-state index in [0.717, 1.165) is 50.4 Å². The summed E-state index contributed by atoms with van der Waals surface area (Å²) in [5.41, 5.74) is 2.21. The van der Waals surface area contributed by atoms with Crippen LogP contribution in [0, 0.1) is 5.82 Å². The number of nitrogens with zero attached hydrogens (tertiary/aromatic N) is 4. The predicted molar refractivity (Wildman–Crippen MR) is 102 cm³/mol. The van der Waals surface area contributed by atoms with Crippen LogP contribution in [0.1, 0.15) is 42.3 Å². The summed E-state index contributed by atoms with van der Waals surface area (Å²) >= 11 is 1.49. The fourth-order valence-electron chi connectivity index (χ4n) is 3.52. The number of aromatic nitrogens is 2. The zero-order valence-corrected chi connectivity index (χ0v) is 16.3. The molecule has 1 saturated heterocycles. The van der Waals surface area contributed by atoms with E-state index in [9.17, 15) is 9.50 Å². The molecule has 0 radical (unpaired) electrons. The number of hydrogen-bond donors (Lipinski definition) is 1. The summed E-state index contributed by atoms with van der Waals surface area (Å²) in [4.78, 5) is 6.08. The minimum absolute atomic E-state index is 0.178. The molecule has 1 aliphatic heterocycles.